The van der Waals surface area contributed by atoms with Crippen molar-refractivity contribution in [3.63, 3.8) is 0 Å². The highest BCUT2D eigenvalue weighted by molar-refractivity contribution is 6.46. The first kappa shape index (κ1) is 13.2. The lowest BCUT2D eigenvalue weighted by Crippen LogP contribution is -2.36. The van der Waals surface area contributed by atoms with E-state index in [1.807, 2.05) is 0 Å². The minimum absolute atomic E-state index is 0.134. The van der Waals surface area contributed by atoms with Gasteiger partial charge in [0.15, 0.2) is 5.71 Å². The van der Waals surface area contributed by atoms with Gasteiger partial charge in [-0.3, -0.25) is 15.0 Å². The number of fused-ring (bicyclic) bond motifs is 1. The molecule has 2 amide bonds. The van der Waals surface area contributed by atoms with E-state index in [0.717, 1.165) is 24.1 Å². The molecule has 1 aromatic carbocycles. The molecule has 0 unspecified atom stereocenters. The number of carbonyl (C=O) groups excluding carboxylic acids is 3. The molecule has 0 aliphatic carbocycles. The van der Waals surface area contributed by atoms with E-state index in [0.29, 0.717) is 0 Å². The first-order chi connectivity index (χ1) is 10.0. The molecule has 0 radical (unpaired) electrons. The van der Waals surface area contributed by atoms with E-state index in [-0.39, 0.29) is 11.4 Å². The van der Waals surface area contributed by atoms with Crippen molar-refractivity contribution in [1.29, 1.82) is 0 Å². The topological polar surface area (TPSA) is 88.1 Å². The molecule has 8 heteroatoms. The Morgan fingerprint density at radius 3 is 2.57 bits per heavy atom. The van der Waals surface area contributed by atoms with Crippen molar-refractivity contribution < 1.29 is 23.5 Å². The number of amides is 2. The maximum absolute atomic E-state index is 12.9. The van der Waals surface area contributed by atoms with Crippen LogP contribution in [0.1, 0.15) is 0 Å². The van der Waals surface area contributed by atoms with Gasteiger partial charge in [-0.2, -0.15) is 5.10 Å². The van der Waals surface area contributed by atoms with E-state index in [1.54, 1.807) is 0 Å². The Morgan fingerprint density at radius 2 is 1.95 bits per heavy atom. The van der Waals surface area contributed by atoms with Gasteiger partial charge in [0.05, 0.1) is 12.8 Å². The number of hydrogen-bond donors (Lipinski definition) is 1. The summed E-state index contributed by atoms with van der Waals surface area (Å²) >= 11 is 0. The van der Waals surface area contributed by atoms with Crippen molar-refractivity contribution in [2.75, 3.05) is 12.0 Å². The normalized spacial score (nSPS) is 23.7. The Balaban J connectivity index is 1.95. The molecule has 0 bridgehead atoms. The second-order valence-corrected chi connectivity index (χ2v) is 4.56. The highest BCUT2D eigenvalue weighted by Gasteiger charge is 2.55. The van der Waals surface area contributed by atoms with Crippen LogP contribution in [0.4, 0.5) is 10.1 Å². The largest absolute Gasteiger partial charge is 0.464 e. The van der Waals surface area contributed by atoms with Crippen LogP contribution in [0.3, 0.4) is 0 Å². The molecule has 1 fully saturated rings. The summed E-state index contributed by atoms with van der Waals surface area (Å²) in [7, 11) is 1.16. The number of ether oxygens (including phenoxy) is 1. The van der Waals surface area contributed by atoms with Gasteiger partial charge >= 0.3 is 5.97 Å². The Bertz CT molecular complexity index is 670. The SMILES string of the molecule is COC(=O)C1=NN[C@@H]2C(=O)N(c3ccc(F)cc3)C(=O)[C@@H]12. The monoisotopic (exact) mass is 291 g/mol. The van der Waals surface area contributed by atoms with E-state index in [2.05, 4.69) is 15.3 Å². The standard InChI is InChI=1S/C13H10FN3O4/c1-21-13(20)10-8-9(15-16-10)12(19)17(11(8)18)7-4-2-6(14)3-5-7/h2-5,8-9,15H,1H3/t8-,9+/m1/s1. The molecule has 7 nitrogen and oxygen atoms in total. The number of anilines is 1. The van der Waals surface area contributed by atoms with Crippen molar-refractivity contribution >= 4 is 29.2 Å². The third kappa shape index (κ3) is 1.87. The van der Waals surface area contributed by atoms with Gasteiger partial charge in [0.2, 0.25) is 5.91 Å². The van der Waals surface area contributed by atoms with Crippen molar-refractivity contribution in [3.05, 3.63) is 30.1 Å². The van der Waals surface area contributed by atoms with E-state index >= 15 is 0 Å². The molecular formula is C13H10FN3O4. The van der Waals surface area contributed by atoms with Crippen molar-refractivity contribution in [3.8, 4) is 0 Å². The number of esters is 1. The number of nitrogens with one attached hydrogen (secondary N) is 1. The molecule has 0 spiro atoms. The lowest BCUT2D eigenvalue weighted by Gasteiger charge is -2.15. The third-order valence-electron chi connectivity index (χ3n) is 3.40. The van der Waals surface area contributed by atoms with Gasteiger partial charge in [0.1, 0.15) is 17.8 Å². The summed E-state index contributed by atoms with van der Waals surface area (Å²) in [5.74, 6) is -3.40. The minimum atomic E-state index is -1.02. The molecular weight excluding hydrogens is 281 g/mol. The molecule has 1 saturated heterocycles. The summed E-state index contributed by atoms with van der Waals surface area (Å²) in [6, 6.07) is 4.00. The molecule has 2 aliphatic rings. The number of hydrazone groups is 1. The number of rotatable bonds is 2. The highest BCUT2D eigenvalue weighted by Crippen LogP contribution is 2.30. The zero-order valence-electron chi connectivity index (χ0n) is 10.9. The Hall–Kier alpha value is -2.77. The fourth-order valence-electron chi connectivity index (χ4n) is 2.41. The molecule has 1 aromatic rings. The molecule has 2 heterocycles. The number of hydrogen-bond acceptors (Lipinski definition) is 6. The predicted octanol–water partition coefficient (Wildman–Crippen LogP) is -0.184. The molecule has 0 aromatic heterocycles. The molecule has 108 valence electrons. The van der Waals surface area contributed by atoms with Crippen LogP contribution >= 0.6 is 0 Å². The number of carbonyl (C=O) groups is 3. The van der Waals surface area contributed by atoms with Gasteiger partial charge in [-0.1, -0.05) is 0 Å². The predicted molar refractivity (Wildman–Crippen MR) is 68.8 cm³/mol. The summed E-state index contributed by atoms with van der Waals surface area (Å²) in [5.41, 5.74) is 2.58. The number of methoxy groups -OCH3 is 1. The Kier molecular flexibility index (Phi) is 2.93. The van der Waals surface area contributed by atoms with Gasteiger partial charge in [-0.05, 0) is 24.3 Å². The molecule has 2 atom stereocenters. The van der Waals surface area contributed by atoms with Crippen LogP contribution in [-0.4, -0.2) is 36.6 Å². The van der Waals surface area contributed by atoms with E-state index in [4.69, 9.17) is 0 Å². The van der Waals surface area contributed by atoms with E-state index in [9.17, 15) is 18.8 Å². The van der Waals surface area contributed by atoms with Crippen LogP contribution in [0.5, 0.6) is 0 Å². The number of nitrogens with zero attached hydrogens (tertiary/aromatic N) is 2. The summed E-state index contributed by atoms with van der Waals surface area (Å²) in [6.45, 7) is 0. The zero-order valence-corrected chi connectivity index (χ0v) is 10.9. The van der Waals surface area contributed by atoms with Crippen LogP contribution < -0.4 is 10.3 Å². The lowest BCUT2D eigenvalue weighted by atomic mass is 9.99. The highest BCUT2D eigenvalue weighted by atomic mass is 19.1. The van der Waals surface area contributed by atoms with Crippen LogP contribution in [0.15, 0.2) is 29.4 Å². The molecule has 1 N–H and O–H groups in total. The number of benzene rings is 1. The van der Waals surface area contributed by atoms with Crippen LogP contribution in [0, 0.1) is 11.7 Å². The first-order valence-electron chi connectivity index (χ1n) is 6.09. The summed E-state index contributed by atoms with van der Waals surface area (Å²) in [6.07, 6.45) is 0. The summed E-state index contributed by atoms with van der Waals surface area (Å²) in [4.78, 5) is 37.1. The Labute approximate surface area is 118 Å². The first-order valence-corrected chi connectivity index (χ1v) is 6.09. The van der Waals surface area contributed by atoms with Crippen LogP contribution in [0.2, 0.25) is 0 Å². The number of halogens is 1. The smallest absolute Gasteiger partial charge is 0.355 e. The van der Waals surface area contributed by atoms with Gasteiger partial charge in [0, 0.05) is 0 Å². The van der Waals surface area contributed by atoms with Gasteiger partial charge < -0.3 is 4.74 Å². The average molecular weight is 291 g/mol. The second-order valence-electron chi connectivity index (χ2n) is 4.56. The van der Waals surface area contributed by atoms with Gasteiger partial charge in [-0.15, -0.1) is 0 Å². The molecule has 2 aliphatic heterocycles. The lowest BCUT2D eigenvalue weighted by molar-refractivity contribution is -0.133. The average Bonchev–Trinajstić information content (AvgIpc) is 3.01. The van der Waals surface area contributed by atoms with Crippen molar-refractivity contribution in [2.24, 2.45) is 11.0 Å². The quantitative estimate of drug-likeness (QED) is 0.603. The van der Waals surface area contributed by atoms with Crippen LogP contribution in [-0.2, 0) is 19.1 Å². The Morgan fingerprint density at radius 1 is 1.29 bits per heavy atom. The van der Waals surface area contributed by atoms with Crippen molar-refractivity contribution in [1.82, 2.24) is 5.43 Å². The van der Waals surface area contributed by atoms with Gasteiger partial charge in [-0.25, -0.2) is 14.1 Å². The fraction of sp³-hybridized carbons (Fsp3) is 0.231. The summed E-state index contributed by atoms with van der Waals surface area (Å²) in [5, 5.41) is 3.70. The zero-order chi connectivity index (χ0) is 15.1. The molecule has 0 saturated carbocycles. The fourth-order valence-corrected chi connectivity index (χ4v) is 2.41. The molecule has 21 heavy (non-hydrogen) atoms. The third-order valence-corrected chi connectivity index (χ3v) is 3.40. The molecule has 3 rings (SSSR count). The maximum Gasteiger partial charge on any atom is 0.355 e. The summed E-state index contributed by atoms with van der Waals surface area (Å²) < 4.78 is 17.5. The van der Waals surface area contributed by atoms with Gasteiger partial charge in [0.25, 0.3) is 5.91 Å². The maximum atomic E-state index is 12.9. The van der Waals surface area contributed by atoms with E-state index in [1.165, 1.54) is 12.1 Å². The number of imide groups is 1. The van der Waals surface area contributed by atoms with E-state index < -0.39 is 35.6 Å². The second kappa shape index (κ2) is 4.65. The van der Waals surface area contributed by atoms with Crippen LogP contribution in [0.25, 0.3) is 0 Å². The minimum Gasteiger partial charge on any atom is -0.464 e. The van der Waals surface area contributed by atoms with Crippen molar-refractivity contribution in [2.45, 2.75) is 6.04 Å².